The number of benzene rings is 2. The van der Waals surface area contributed by atoms with E-state index in [1.165, 1.54) is 17.3 Å². The van der Waals surface area contributed by atoms with Gasteiger partial charge >= 0.3 is 0 Å². The minimum atomic E-state index is -0.328. The Labute approximate surface area is 166 Å². The molecule has 0 aliphatic carbocycles. The summed E-state index contributed by atoms with van der Waals surface area (Å²) in [6.07, 6.45) is 0. The zero-order valence-corrected chi connectivity index (χ0v) is 17.4. The first-order valence-corrected chi connectivity index (χ1v) is 11.1. The van der Waals surface area contributed by atoms with E-state index >= 15 is 0 Å². The van der Waals surface area contributed by atoms with Crippen LogP contribution in [0.2, 0.25) is 0 Å². The predicted octanol–water partition coefficient (Wildman–Crippen LogP) is 5.98. The van der Waals surface area contributed by atoms with Crippen molar-refractivity contribution in [1.82, 2.24) is 10.2 Å². The van der Waals surface area contributed by atoms with E-state index < -0.39 is 0 Å². The van der Waals surface area contributed by atoms with Crippen LogP contribution in [0.5, 0.6) is 0 Å². The number of hydrogen-bond donors (Lipinski definition) is 0. The quantitative estimate of drug-likeness (QED) is 0.360. The highest BCUT2D eigenvalue weighted by Gasteiger charge is 2.25. The molecule has 0 N–H and O–H groups in total. The van der Waals surface area contributed by atoms with Crippen LogP contribution in [-0.4, -0.2) is 21.7 Å². The van der Waals surface area contributed by atoms with Gasteiger partial charge < -0.3 is 0 Å². The summed E-state index contributed by atoms with van der Waals surface area (Å²) in [6.45, 7) is 6.16. The molecule has 1 atom stereocenters. The maximum atomic E-state index is 13.2. The van der Waals surface area contributed by atoms with Gasteiger partial charge in [0.25, 0.3) is 0 Å². The van der Waals surface area contributed by atoms with Crippen molar-refractivity contribution in [2.75, 3.05) is 5.75 Å². The van der Waals surface area contributed by atoms with Crippen LogP contribution in [-0.2, 0) is 0 Å². The number of carbonyl (C=O) groups is 1. The minimum absolute atomic E-state index is 0.0961. The smallest absolute Gasteiger partial charge is 0.180 e. The Morgan fingerprint density at radius 1 is 0.962 bits per heavy atom. The molecule has 3 aromatic rings. The van der Waals surface area contributed by atoms with E-state index in [2.05, 4.69) is 17.1 Å². The Morgan fingerprint density at radius 3 is 2.15 bits per heavy atom. The summed E-state index contributed by atoms with van der Waals surface area (Å²) in [6, 6.07) is 15.9. The average molecular weight is 401 g/mol. The fraction of sp³-hybridized carbons (Fsp3) is 0.250. The normalized spacial score (nSPS) is 12.1. The molecular weight excluding hydrogens is 380 g/mol. The second-order valence-electron chi connectivity index (χ2n) is 5.91. The Morgan fingerprint density at radius 2 is 1.54 bits per heavy atom. The Kier molecular flexibility index (Phi) is 6.51. The van der Waals surface area contributed by atoms with Crippen molar-refractivity contribution in [2.45, 2.75) is 34.7 Å². The lowest BCUT2D eigenvalue weighted by Crippen LogP contribution is -2.10. The molecule has 3 nitrogen and oxygen atoms in total. The van der Waals surface area contributed by atoms with E-state index in [0.717, 1.165) is 31.1 Å². The number of thioether (sulfide) groups is 2. The first-order chi connectivity index (χ1) is 12.6. The van der Waals surface area contributed by atoms with Crippen LogP contribution in [0.15, 0.2) is 57.2 Å². The Balaban J connectivity index is 1.91. The molecule has 0 spiro atoms. The van der Waals surface area contributed by atoms with E-state index in [9.17, 15) is 4.79 Å². The van der Waals surface area contributed by atoms with Gasteiger partial charge in [-0.25, -0.2) is 0 Å². The Bertz CT molecular complexity index is 873. The van der Waals surface area contributed by atoms with E-state index in [1.54, 1.807) is 23.1 Å². The van der Waals surface area contributed by atoms with E-state index in [0.29, 0.717) is 0 Å². The molecule has 2 aromatic carbocycles. The number of nitrogens with zero attached hydrogens (tertiary/aromatic N) is 2. The number of Topliss-reactive ketones (excluding diaryl/α,β-unsaturated/α-hetero) is 1. The van der Waals surface area contributed by atoms with Crippen LogP contribution >= 0.6 is 34.9 Å². The highest BCUT2D eigenvalue weighted by atomic mass is 32.2. The molecule has 0 saturated carbocycles. The molecule has 0 unspecified atom stereocenters. The largest absolute Gasteiger partial charge is 0.293 e. The standard InChI is InChI=1S/C20H20N2OS3/c1-4-24-19-21-22-20(26-19)25-18(16-11-7-14(3)8-12-16)17(23)15-9-5-13(2)6-10-15/h5-12,18H,4H2,1-3H3/t18-/m1/s1. The van der Waals surface area contributed by atoms with Gasteiger partial charge in [-0.15, -0.1) is 10.2 Å². The lowest BCUT2D eigenvalue weighted by Gasteiger charge is -2.15. The number of aryl methyl sites for hydroxylation is 2. The molecule has 3 rings (SSSR count). The average Bonchev–Trinajstić information content (AvgIpc) is 3.08. The summed E-state index contributed by atoms with van der Waals surface area (Å²) in [5.74, 6) is 1.06. The molecule has 0 aliphatic heterocycles. The summed E-state index contributed by atoms with van der Waals surface area (Å²) in [5.41, 5.74) is 4.04. The van der Waals surface area contributed by atoms with Crippen LogP contribution < -0.4 is 0 Å². The van der Waals surface area contributed by atoms with Crippen molar-refractivity contribution < 1.29 is 4.79 Å². The molecule has 0 radical (unpaired) electrons. The van der Waals surface area contributed by atoms with E-state index in [1.807, 2.05) is 62.4 Å². The van der Waals surface area contributed by atoms with Gasteiger partial charge in [-0.1, -0.05) is 101 Å². The van der Waals surface area contributed by atoms with Crippen LogP contribution in [0.3, 0.4) is 0 Å². The van der Waals surface area contributed by atoms with Crippen molar-refractivity contribution in [3.05, 3.63) is 70.8 Å². The lowest BCUT2D eigenvalue weighted by molar-refractivity contribution is 0.0989. The molecule has 1 aromatic heterocycles. The van der Waals surface area contributed by atoms with Crippen molar-refractivity contribution >= 4 is 40.6 Å². The maximum Gasteiger partial charge on any atom is 0.180 e. The molecule has 134 valence electrons. The van der Waals surface area contributed by atoms with Crippen LogP contribution in [0, 0.1) is 13.8 Å². The summed E-state index contributed by atoms with van der Waals surface area (Å²) < 4.78 is 1.77. The molecule has 1 heterocycles. The molecular formula is C20H20N2OS3. The number of aromatic nitrogens is 2. The summed E-state index contributed by atoms with van der Waals surface area (Å²) in [4.78, 5) is 13.2. The van der Waals surface area contributed by atoms with Gasteiger partial charge in [-0.3, -0.25) is 4.79 Å². The van der Waals surface area contributed by atoms with Crippen molar-refractivity contribution in [3.63, 3.8) is 0 Å². The summed E-state index contributed by atoms with van der Waals surface area (Å²) in [7, 11) is 0. The second kappa shape index (κ2) is 8.84. The molecule has 0 amide bonds. The highest BCUT2D eigenvalue weighted by molar-refractivity contribution is 8.03. The molecule has 26 heavy (non-hydrogen) atoms. The van der Waals surface area contributed by atoms with Gasteiger partial charge in [-0.2, -0.15) is 0 Å². The first-order valence-electron chi connectivity index (χ1n) is 8.37. The van der Waals surface area contributed by atoms with Crippen LogP contribution in [0.25, 0.3) is 0 Å². The van der Waals surface area contributed by atoms with Crippen molar-refractivity contribution in [2.24, 2.45) is 0 Å². The summed E-state index contributed by atoms with van der Waals surface area (Å²) >= 11 is 4.71. The lowest BCUT2D eigenvalue weighted by atomic mass is 10.0. The van der Waals surface area contributed by atoms with Gasteiger partial charge in [0.2, 0.25) is 0 Å². The number of carbonyl (C=O) groups excluding carboxylic acids is 1. The molecule has 0 aliphatic rings. The third kappa shape index (κ3) is 4.75. The van der Waals surface area contributed by atoms with Gasteiger partial charge in [0.1, 0.15) is 0 Å². The predicted molar refractivity (Wildman–Crippen MR) is 112 cm³/mol. The molecule has 0 fully saturated rings. The van der Waals surface area contributed by atoms with E-state index in [4.69, 9.17) is 0 Å². The number of hydrogen-bond acceptors (Lipinski definition) is 6. The number of rotatable bonds is 7. The van der Waals surface area contributed by atoms with Crippen molar-refractivity contribution in [3.8, 4) is 0 Å². The topological polar surface area (TPSA) is 42.9 Å². The molecule has 0 bridgehead atoms. The van der Waals surface area contributed by atoms with Crippen LogP contribution in [0.1, 0.15) is 39.2 Å². The zero-order chi connectivity index (χ0) is 18.5. The van der Waals surface area contributed by atoms with Gasteiger partial charge in [-0.05, 0) is 25.2 Å². The number of ketones is 1. The Hall–Kier alpha value is -1.63. The zero-order valence-electron chi connectivity index (χ0n) is 14.9. The SMILES string of the molecule is CCSc1nnc(S[C@@H](C(=O)c2ccc(C)cc2)c2ccc(C)cc2)s1. The van der Waals surface area contributed by atoms with Gasteiger partial charge in [0, 0.05) is 5.56 Å². The second-order valence-corrected chi connectivity index (χ2v) is 9.75. The van der Waals surface area contributed by atoms with Gasteiger partial charge in [0.15, 0.2) is 14.5 Å². The fourth-order valence-electron chi connectivity index (χ4n) is 2.41. The highest BCUT2D eigenvalue weighted by Crippen LogP contribution is 2.40. The third-order valence-corrected chi connectivity index (χ3v) is 7.11. The first kappa shape index (κ1) is 19.1. The summed E-state index contributed by atoms with van der Waals surface area (Å²) in [5, 5.41) is 8.15. The monoisotopic (exact) mass is 400 g/mol. The minimum Gasteiger partial charge on any atom is -0.293 e. The van der Waals surface area contributed by atoms with Gasteiger partial charge in [0.05, 0.1) is 5.25 Å². The van der Waals surface area contributed by atoms with E-state index in [-0.39, 0.29) is 11.0 Å². The molecule has 6 heteroatoms. The van der Waals surface area contributed by atoms with Crippen LogP contribution in [0.4, 0.5) is 0 Å². The molecule has 0 saturated heterocycles. The van der Waals surface area contributed by atoms with Crippen molar-refractivity contribution in [1.29, 1.82) is 0 Å². The third-order valence-electron chi connectivity index (χ3n) is 3.83. The maximum absolute atomic E-state index is 13.2. The fourth-order valence-corrected chi connectivity index (χ4v) is 5.60.